The van der Waals surface area contributed by atoms with Gasteiger partial charge in [-0.15, -0.1) is 0 Å². The summed E-state index contributed by atoms with van der Waals surface area (Å²) in [5, 5.41) is 7.41. The monoisotopic (exact) mass is 263 g/mol. The molecular weight excluding hydrogens is 242 g/mol. The molecule has 3 rings (SSSR count). The van der Waals surface area contributed by atoms with Crippen LogP contribution in [0.2, 0.25) is 0 Å². The van der Waals surface area contributed by atoms with Crippen molar-refractivity contribution in [3.63, 3.8) is 0 Å². The van der Waals surface area contributed by atoms with Gasteiger partial charge in [0.2, 0.25) is 0 Å². The first-order valence-electron chi connectivity index (χ1n) is 7.18. The van der Waals surface area contributed by atoms with Gasteiger partial charge >= 0.3 is 0 Å². The summed E-state index contributed by atoms with van der Waals surface area (Å²) in [6.45, 7) is 4.58. The van der Waals surface area contributed by atoms with Gasteiger partial charge in [-0.1, -0.05) is 5.16 Å². The van der Waals surface area contributed by atoms with E-state index in [4.69, 9.17) is 4.52 Å². The van der Waals surface area contributed by atoms with Gasteiger partial charge in [-0.05, 0) is 45.1 Å². The van der Waals surface area contributed by atoms with Crippen LogP contribution < -0.4 is 5.32 Å². The molecule has 0 radical (unpaired) electrons. The zero-order chi connectivity index (χ0) is 13.2. The maximum atomic E-state index is 12.2. The maximum absolute atomic E-state index is 12.2. The third kappa shape index (κ3) is 3.15. The van der Waals surface area contributed by atoms with Gasteiger partial charge in [0.15, 0.2) is 5.69 Å². The molecule has 104 valence electrons. The zero-order valence-electron chi connectivity index (χ0n) is 11.4. The number of aryl methyl sites for hydroxylation is 1. The molecule has 2 aliphatic rings. The van der Waals surface area contributed by atoms with Crippen molar-refractivity contribution in [2.75, 3.05) is 19.6 Å². The van der Waals surface area contributed by atoms with Crippen LogP contribution >= 0.6 is 0 Å². The molecule has 0 unspecified atom stereocenters. The first-order valence-corrected chi connectivity index (χ1v) is 7.18. The molecule has 0 aromatic carbocycles. The molecule has 0 spiro atoms. The quantitative estimate of drug-likeness (QED) is 0.896. The van der Waals surface area contributed by atoms with E-state index < -0.39 is 0 Å². The van der Waals surface area contributed by atoms with E-state index in [1.807, 2.05) is 4.90 Å². The number of hydrogen-bond acceptors (Lipinski definition) is 4. The van der Waals surface area contributed by atoms with Crippen LogP contribution in [0.25, 0.3) is 0 Å². The van der Waals surface area contributed by atoms with Gasteiger partial charge in [-0.2, -0.15) is 0 Å². The molecule has 1 aromatic heterocycles. The second-order valence-corrected chi connectivity index (χ2v) is 5.74. The van der Waals surface area contributed by atoms with Crippen molar-refractivity contribution in [3.8, 4) is 0 Å². The number of carbonyl (C=O) groups is 1. The Morgan fingerprint density at radius 3 is 2.74 bits per heavy atom. The number of aromatic nitrogens is 1. The Hall–Kier alpha value is -1.36. The maximum Gasteiger partial charge on any atom is 0.276 e. The second-order valence-electron chi connectivity index (χ2n) is 5.74. The van der Waals surface area contributed by atoms with Crippen molar-refractivity contribution in [2.45, 2.75) is 38.6 Å². The summed E-state index contributed by atoms with van der Waals surface area (Å²) in [5.74, 6) is 1.60. The van der Waals surface area contributed by atoms with E-state index in [2.05, 4.69) is 10.5 Å². The van der Waals surface area contributed by atoms with Crippen LogP contribution in [0.3, 0.4) is 0 Å². The molecule has 1 aliphatic heterocycles. The summed E-state index contributed by atoms with van der Waals surface area (Å²) in [6, 6.07) is 2.28. The van der Waals surface area contributed by atoms with Crippen molar-refractivity contribution in [2.24, 2.45) is 5.92 Å². The van der Waals surface area contributed by atoms with Gasteiger partial charge in [-0.3, -0.25) is 4.79 Å². The number of likely N-dealkylation sites (tertiary alicyclic amines) is 1. The number of piperidine rings is 1. The van der Waals surface area contributed by atoms with Crippen LogP contribution in [-0.4, -0.2) is 41.6 Å². The highest BCUT2D eigenvalue weighted by atomic mass is 16.5. The van der Waals surface area contributed by atoms with E-state index in [-0.39, 0.29) is 5.91 Å². The Kier molecular flexibility index (Phi) is 3.55. The lowest BCUT2D eigenvalue weighted by Gasteiger charge is -2.32. The van der Waals surface area contributed by atoms with Gasteiger partial charge in [0.1, 0.15) is 5.76 Å². The lowest BCUT2D eigenvalue weighted by Crippen LogP contribution is -2.45. The molecule has 1 aliphatic carbocycles. The van der Waals surface area contributed by atoms with E-state index in [1.165, 1.54) is 12.8 Å². The first-order chi connectivity index (χ1) is 9.22. The lowest BCUT2D eigenvalue weighted by molar-refractivity contribution is 0.0694. The summed E-state index contributed by atoms with van der Waals surface area (Å²) in [5.41, 5.74) is 0.432. The van der Waals surface area contributed by atoms with Gasteiger partial charge < -0.3 is 14.7 Å². The molecule has 5 nitrogen and oxygen atoms in total. The average Bonchev–Trinajstić information content (AvgIpc) is 3.17. The summed E-state index contributed by atoms with van der Waals surface area (Å²) >= 11 is 0. The lowest BCUT2D eigenvalue weighted by atomic mass is 10.0. The van der Waals surface area contributed by atoms with Crippen molar-refractivity contribution in [1.82, 2.24) is 15.4 Å². The smallest absolute Gasteiger partial charge is 0.276 e. The molecular formula is C14H21N3O2. The molecule has 5 heteroatoms. The molecule has 19 heavy (non-hydrogen) atoms. The van der Waals surface area contributed by atoms with Crippen molar-refractivity contribution >= 4 is 5.91 Å². The predicted octanol–water partition coefficient (Wildman–Crippen LogP) is 1.59. The van der Waals surface area contributed by atoms with Crippen LogP contribution in [0.1, 0.15) is 41.9 Å². The van der Waals surface area contributed by atoms with Crippen LogP contribution in [0.5, 0.6) is 0 Å². The fraction of sp³-hybridized carbons (Fsp3) is 0.714. The number of nitrogens with one attached hydrogen (secondary N) is 1. The molecule has 2 heterocycles. The average molecular weight is 263 g/mol. The summed E-state index contributed by atoms with van der Waals surface area (Å²) in [7, 11) is 0. The van der Waals surface area contributed by atoms with E-state index in [9.17, 15) is 4.79 Å². The van der Waals surface area contributed by atoms with Gasteiger partial charge in [-0.25, -0.2) is 0 Å². The first kappa shape index (κ1) is 12.7. The molecule has 0 bridgehead atoms. The van der Waals surface area contributed by atoms with E-state index >= 15 is 0 Å². The molecule has 2 fully saturated rings. The van der Waals surface area contributed by atoms with Crippen molar-refractivity contribution < 1.29 is 9.32 Å². The predicted molar refractivity (Wildman–Crippen MR) is 70.9 cm³/mol. The summed E-state index contributed by atoms with van der Waals surface area (Å²) in [4.78, 5) is 14.1. The fourth-order valence-corrected chi connectivity index (χ4v) is 2.57. The number of rotatable bonds is 4. The molecule has 1 saturated heterocycles. The Balaban J connectivity index is 1.47. The zero-order valence-corrected chi connectivity index (χ0v) is 11.4. The minimum atomic E-state index is -0.00232. The molecule has 1 N–H and O–H groups in total. The van der Waals surface area contributed by atoms with Crippen LogP contribution in [0.4, 0.5) is 0 Å². The number of nitrogens with zero attached hydrogens (tertiary/aromatic N) is 2. The van der Waals surface area contributed by atoms with Gasteiger partial charge in [0, 0.05) is 25.2 Å². The Morgan fingerprint density at radius 2 is 2.16 bits per heavy atom. The standard InChI is InChI=1S/C14H21N3O2/c1-10-8-13(16-19-10)14(18)17-6-4-12(5-7-17)15-9-11-2-3-11/h8,11-12,15H,2-7,9H2,1H3. The van der Waals surface area contributed by atoms with Crippen molar-refractivity contribution in [3.05, 3.63) is 17.5 Å². The van der Waals surface area contributed by atoms with Crippen LogP contribution in [-0.2, 0) is 0 Å². The minimum Gasteiger partial charge on any atom is -0.361 e. The highest BCUT2D eigenvalue weighted by molar-refractivity contribution is 5.92. The molecule has 0 atom stereocenters. The van der Waals surface area contributed by atoms with E-state index in [0.29, 0.717) is 17.5 Å². The summed E-state index contributed by atoms with van der Waals surface area (Å²) < 4.78 is 4.96. The second kappa shape index (κ2) is 5.33. The molecule has 1 aromatic rings. The Labute approximate surface area is 113 Å². The number of carbonyl (C=O) groups excluding carboxylic acids is 1. The Morgan fingerprint density at radius 1 is 1.42 bits per heavy atom. The highest BCUT2D eigenvalue weighted by Crippen LogP contribution is 2.28. The van der Waals surface area contributed by atoms with E-state index in [1.54, 1.807) is 13.0 Å². The molecule has 1 saturated carbocycles. The van der Waals surface area contributed by atoms with Crippen LogP contribution in [0, 0.1) is 12.8 Å². The molecule has 1 amide bonds. The number of amides is 1. The van der Waals surface area contributed by atoms with E-state index in [0.717, 1.165) is 38.4 Å². The highest BCUT2D eigenvalue weighted by Gasteiger charge is 2.27. The van der Waals surface area contributed by atoms with Crippen molar-refractivity contribution in [1.29, 1.82) is 0 Å². The third-order valence-electron chi connectivity index (χ3n) is 4.02. The topological polar surface area (TPSA) is 58.4 Å². The number of hydrogen-bond donors (Lipinski definition) is 1. The normalized spacial score (nSPS) is 20.8. The summed E-state index contributed by atoms with van der Waals surface area (Å²) in [6.07, 6.45) is 4.84. The largest absolute Gasteiger partial charge is 0.361 e. The van der Waals surface area contributed by atoms with Gasteiger partial charge in [0.05, 0.1) is 0 Å². The fourth-order valence-electron chi connectivity index (χ4n) is 2.57. The SMILES string of the molecule is Cc1cc(C(=O)N2CCC(NCC3CC3)CC2)no1. The Bertz CT molecular complexity index is 445. The third-order valence-corrected chi connectivity index (χ3v) is 4.02. The van der Waals surface area contributed by atoms with Crippen LogP contribution in [0.15, 0.2) is 10.6 Å². The minimum absolute atomic E-state index is 0.00232. The van der Waals surface area contributed by atoms with Gasteiger partial charge in [0.25, 0.3) is 5.91 Å².